The lowest BCUT2D eigenvalue weighted by molar-refractivity contribution is 0.213. The molecule has 0 aliphatic heterocycles. The van der Waals surface area contributed by atoms with Gasteiger partial charge in [-0.15, -0.1) is 0 Å². The maximum absolute atomic E-state index is 3.84. The Kier molecular flexibility index (Phi) is 6.70. The molecule has 108 valence electrons. The van der Waals surface area contributed by atoms with Gasteiger partial charge < -0.3 is 5.32 Å². The van der Waals surface area contributed by atoms with Crippen LogP contribution in [0.3, 0.4) is 0 Å². The number of nitrogens with one attached hydrogen (secondary N) is 1. The van der Waals surface area contributed by atoms with Crippen molar-refractivity contribution in [3.8, 4) is 0 Å². The second kappa shape index (κ2) is 7.53. The zero-order valence-electron chi connectivity index (χ0n) is 13.5. The third-order valence-electron chi connectivity index (χ3n) is 5.07. The lowest BCUT2D eigenvalue weighted by atomic mass is 9.79. The highest BCUT2D eigenvalue weighted by molar-refractivity contribution is 4.80. The molecule has 1 fully saturated rings. The fourth-order valence-corrected chi connectivity index (χ4v) is 3.53. The average molecular weight is 253 g/mol. The number of rotatable bonds is 6. The summed E-state index contributed by atoms with van der Waals surface area (Å²) in [6.07, 6.45) is 5.66. The van der Waals surface area contributed by atoms with E-state index >= 15 is 0 Å². The van der Waals surface area contributed by atoms with Crippen molar-refractivity contribution in [2.24, 2.45) is 29.6 Å². The van der Waals surface area contributed by atoms with Crippen LogP contribution in [0, 0.1) is 29.6 Å². The predicted molar refractivity (Wildman–Crippen MR) is 81.8 cm³/mol. The molecule has 0 heterocycles. The minimum Gasteiger partial charge on any atom is -0.314 e. The van der Waals surface area contributed by atoms with Gasteiger partial charge >= 0.3 is 0 Å². The number of hydrogen-bond donors (Lipinski definition) is 1. The van der Waals surface area contributed by atoms with Gasteiger partial charge in [0, 0.05) is 6.04 Å². The molecule has 0 saturated heterocycles. The van der Waals surface area contributed by atoms with E-state index in [0.717, 1.165) is 35.6 Å². The first-order valence-electron chi connectivity index (χ1n) is 8.15. The molecule has 0 atom stereocenters. The second-order valence-electron chi connectivity index (χ2n) is 7.42. The van der Waals surface area contributed by atoms with Crippen LogP contribution in [0.1, 0.15) is 67.2 Å². The Morgan fingerprint density at radius 3 is 1.72 bits per heavy atom. The third-order valence-corrected chi connectivity index (χ3v) is 5.07. The molecular formula is C17H35N. The molecule has 0 aromatic carbocycles. The molecule has 1 rings (SSSR count). The fraction of sp³-hybridized carbons (Fsp3) is 1.00. The molecule has 1 nitrogen and oxygen atoms in total. The maximum atomic E-state index is 3.84. The molecule has 0 unspecified atom stereocenters. The first-order valence-corrected chi connectivity index (χ1v) is 8.15. The van der Waals surface area contributed by atoms with E-state index in [4.69, 9.17) is 0 Å². The lowest BCUT2D eigenvalue weighted by Crippen LogP contribution is -2.39. The van der Waals surface area contributed by atoms with Gasteiger partial charge in [-0.25, -0.2) is 0 Å². The van der Waals surface area contributed by atoms with E-state index in [1.807, 2.05) is 0 Å². The van der Waals surface area contributed by atoms with Gasteiger partial charge in [-0.05, 0) is 61.8 Å². The van der Waals surface area contributed by atoms with E-state index in [9.17, 15) is 0 Å². The predicted octanol–water partition coefficient (Wildman–Crippen LogP) is 4.72. The minimum absolute atomic E-state index is 0.792. The first kappa shape index (κ1) is 16.0. The zero-order chi connectivity index (χ0) is 13.7. The van der Waals surface area contributed by atoms with E-state index in [0.29, 0.717) is 0 Å². The molecule has 1 saturated carbocycles. The van der Waals surface area contributed by atoms with Gasteiger partial charge in [-0.3, -0.25) is 0 Å². The molecule has 0 spiro atoms. The highest BCUT2D eigenvalue weighted by Crippen LogP contribution is 2.30. The van der Waals surface area contributed by atoms with Crippen molar-refractivity contribution in [1.82, 2.24) is 5.32 Å². The monoisotopic (exact) mass is 253 g/mol. The SMILES string of the molecule is CC(C)C1CCC(NCC(C(C)C)C(C)C)CC1. The summed E-state index contributed by atoms with van der Waals surface area (Å²) >= 11 is 0. The standard InChI is InChI=1S/C17H35N/c1-12(2)15-7-9-16(10-8-15)18-11-17(13(3)4)14(5)6/h12-18H,7-11H2,1-6H3. The molecule has 18 heavy (non-hydrogen) atoms. The Bertz CT molecular complexity index is 204. The summed E-state index contributed by atoms with van der Waals surface area (Å²) in [5.41, 5.74) is 0. The van der Waals surface area contributed by atoms with Crippen molar-refractivity contribution in [2.45, 2.75) is 73.3 Å². The summed E-state index contributed by atoms with van der Waals surface area (Å²) in [5, 5.41) is 3.84. The van der Waals surface area contributed by atoms with Crippen LogP contribution < -0.4 is 5.32 Å². The fourth-order valence-electron chi connectivity index (χ4n) is 3.53. The highest BCUT2D eigenvalue weighted by Gasteiger charge is 2.24. The van der Waals surface area contributed by atoms with E-state index < -0.39 is 0 Å². The molecule has 0 amide bonds. The van der Waals surface area contributed by atoms with Gasteiger partial charge in [0.05, 0.1) is 0 Å². The summed E-state index contributed by atoms with van der Waals surface area (Å²) in [6, 6.07) is 0.792. The summed E-state index contributed by atoms with van der Waals surface area (Å²) < 4.78 is 0. The molecule has 1 N–H and O–H groups in total. The summed E-state index contributed by atoms with van der Waals surface area (Å²) in [7, 11) is 0. The molecule has 0 radical (unpaired) electrons. The van der Waals surface area contributed by atoms with Crippen molar-refractivity contribution in [3.05, 3.63) is 0 Å². The van der Waals surface area contributed by atoms with Gasteiger partial charge in [-0.2, -0.15) is 0 Å². The molecule has 1 aliphatic rings. The van der Waals surface area contributed by atoms with E-state index in [-0.39, 0.29) is 0 Å². The van der Waals surface area contributed by atoms with Crippen molar-refractivity contribution < 1.29 is 0 Å². The normalized spacial score (nSPS) is 25.7. The van der Waals surface area contributed by atoms with E-state index in [2.05, 4.69) is 46.9 Å². The molecule has 1 heteroatoms. The van der Waals surface area contributed by atoms with E-state index in [1.54, 1.807) is 0 Å². The summed E-state index contributed by atoms with van der Waals surface area (Å²) in [6.45, 7) is 15.4. The van der Waals surface area contributed by atoms with E-state index in [1.165, 1.54) is 32.2 Å². The van der Waals surface area contributed by atoms with Crippen molar-refractivity contribution in [1.29, 1.82) is 0 Å². The Morgan fingerprint density at radius 2 is 1.33 bits per heavy atom. The van der Waals surface area contributed by atoms with Crippen molar-refractivity contribution in [2.75, 3.05) is 6.54 Å². The molecule has 0 aromatic rings. The molecule has 0 bridgehead atoms. The Balaban J connectivity index is 2.28. The van der Waals surface area contributed by atoms with Gasteiger partial charge in [0.15, 0.2) is 0 Å². The average Bonchev–Trinajstić information content (AvgIpc) is 2.28. The van der Waals surface area contributed by atoms with Gasteiger partial charge in [-0.1, -0.05) is 41.5 Å². The topological polar surface area (TPSA) is 12.0 Å². The Hall–Kier alpha value is -0.0400. The van der Waals surface area contributed by atoms with Crippen LogP contribution in [0.25, 0.3) is 0 Å². The van der Waals surface area contributed by atoms with Crippen LogP contribution in [-0.2, 0) is 0 Å². The van der Waals surface area contributed by atoms with Crippen molar-refractivity contribution in [3.63, 3.8) is 0 Å². The first-order chi connectivity index (χ1) is 8.41. The smallest absolute Gasteiger partial charge is 0.00673 e. The van der Waals surface area contributed by atoms with Crippen LogP contribution in [0.15, 0.2) is 0 Å². The molecule has 0 aromatic heterocycles. The van der Waals surface area contributed by atoms with Crippen LogP contribution in [0.4, 0.5) is 0 Å². The second-order valence-corrected chi connectivity index (χ2v) is 7.42. The molecular weight excluding hydrogens is 218 g/mol. The van der Waals surface area contributed by atoms with Crippen LogP contribution >= 0.6 is 0 Å². The zero-order valence-corrected chi connectivity index (χ0v) is 13.5. The van der Waals surface area contributed by atoms with Gasteiger partial charge in [0.1, 0.15) is 0 Å². The van der Waals surface area contributed by atoms with Gasteiger partial charge in [0.25, 0.3) is 0 Å². The third kappa shape index (κ3) is 4.91. The largest absolute Gasteiger partial charge is 0.314 e. The summed E-state index contributed by atoms with van der Waals surface area (Å²) in [4.78, 5) is 0. The minimum atomic E-state index is 0.792. The summed E-state index contributed by atoms with van der Waals surface area (Å²) in [5.74, 6) is 4.28. The Labute approximate surface area is 115 Å². The lowest BCUT2D eigenvalue weighted by Gasteiger charge is -2.33. The van der Waals surface area contributed by atoms with Crippen LogP contribution in [-0.4, -0.2) is 12.6 Å². The maximum Gasteiger partial charge on any atom is 0.00673 e. The van der Waals surface area contributed by atoms with Gasteiger partial charge in [0.2, 0.25) is 0 Å². The van der Waals surface area contributed by atoms with Crippen LogP contribution in [0.5, 0.6) is 0 Å². The van der Waals surface area contributed by atoms with Crippen molar-refractivity contribution >= 4 is 0 Å². The quantitative estimate of drug-likeness (QED) is 0.722. The van der Waals surface area contributed by atoms with Crippen LogP contribution in [0.2, 0.25) is 0 Å². The Morgan fingerprint density at radius 1 is 0.833 bits per heavy atom. The molecule has 1 aliphatic carbocycles. The number of hydrogen-bond acceptors (Lipinski definition) is 1. The highest BCUT2D eigenvalue weighted by atomic mass is 14.9.